The Hall–Kier alpha value is -2.15. The number of urea groups is 1. The number of hydrogen-bond donors (Lipinski definition) is 2. The van der Waals surface area contributed by atoms with Gasteiger partial charge in [-0.15, -0.1) is 0 Å². The SMILES string of the molecule is O=C(NCC1CC1)[C@H]1C[C@@H]2CN(C(=O)NCc3cccc(F)c3)C[C@H]1O2. The highest BCUT2D eigenvalue weighted by atomic mass is 19.1. The Morgan fingerprint density at radius 2 is 2.08 bits per heavy atom. The Balaban J connectivity index is 1.29. The number of amides is 3. The second-order valence-electron chi connectivity index (χ2n) is 7.52. The van der Waals surface area contributed by atoms with Gasteiger partial charge in [-0.1, -0.05) is 12.1 Å². The number of nitrogens with one attached hydrogen (secondary N) is 2. The first kappa shape index (κ1) is 17.3. The summed E-state index contributed by atoms with van der Waals surface area (Å²) in [6.45, 7) is 1.92. The van der Waals surface area contributed by atoms with E-state index in [2.05, 4.69) is 10.6 Å². The highest BCUT2D eigenvalue weighted by Crippen LogP contribution is 2.33. The van der Waals surface area contributed by atoms with Crippen molar-refractivity contribution in [2.45, 2.75) is 38.0 Å². The van der Waals surface area contributed by atoms with E-state index < -0.39 is 0 Å². The van der Waals surface area contributed by atoms with Crippen LogP contribution in [0.4, 0.5) is 9.18 Å². The van der Waals surface area contributed by atoms with Crippen LogP contribution in [0.25, 0.3) is 0 Å². The van der Waals surface area contributed by atoms with E-state index in [1.807, 2.05) is 0 Å². The topological polar surface area (TPSA) is 70.7 Å². The molecule has 0 aromatic heterocycles. The molecule has 1 saturated carbocycles. The number of halogens is 1. The lowest BCUT2D eigenvalue weighted by Crippen LogP contribution is -2.51. The summed E-state index contributed by atoms with van der Waals surface area (Å²) >= 11 is 0. The van der Waals surface area contributed by atoms with Crippen molar-refractivity contribution in [3.63, 3.8) is 0 Å². The number of benzene rings is 1. The number of likely N-dealkylation sites (tertiary alicyclic amines) is 1. The van der Waals surface area contributed by atoms with Crippen molar-refractivity contribution >= 4 is 11.9 Å². The largest absolute Gasteiger partial charge is 0.370 e. The predicted octanol–water partition coefficient (Wildman–Crippen LogP) is 1.65. The Morgan fingerprint density at radius 1 is 1.23 bits per heavy atom. The summed E-state index contributed by atoms with van der Waals surface area (Å²) in [6.07, 6.45) is 2.73. The molecule has 3 atom stereocenters. The molecule has 3 fully saturated rings. The average molecular weight is 361 g/mol. The lowest BCUT2D eigenvalue weighted by atomic mass is 9.99. The zero-order valence-electron chi connectivity index (χ0n) is 14.6. The monoisotopic (exact) mass is 361 g/mol. The van der Waals surface area contributed by atoms with E-state index in [9.17, 15) is 14.0 Å². The molecular weight excluding hydrogens is 337 g/mol. The molecule has 6 nitrogen and oxygen atoms in total. The van der Waals surface area contributed by atoms with E-state index >= 15 is 0 Å². The van der Waals surface area contributed by atoms with Crippen molar-refractivity contribution in [3.05, 3.63) is 35.6 Å². The minimum Gasteiger partial charge on any atom is -0.370 e. The van der Waals surface area contributed by atoms with Gasteiger partial charge < -0.3 is 20.3 Å². The van der Waals surface area contributed by atoms with Crippen molar-refractivity contribution in [1.29, 1.82) is 0 Å². The van der Waals surface area contributed by atoms with Gasteiger partial charge in [0, 0.05) is 26.2 Å². The molecule has 0 spiro atoms. The van der Waals surface area contributed by atoms with E-state index in [4.69, 9.17) is 4.74 Å². The van der Waals surface area contributed by atoms with E-state index in [1.54, 1.807) is 17.0 Å². The molecule has 2 saturated heterocycles. The minimum atomic E-state index is -0.318. The fourth-order valence-corrected chi connectivity index (χ4v) is 3.73. The molecule has 1 aromatic carbocycles. The molecule has 4 rings (SSSR count). The Bertz CT molecular complexity index is 694. The molecule has 3 amide bonds. The van der Waals surface area contributed by atoms with E-state index in [-0.39, 0.29) is 42.4 Å². The third-order valence-electron chi connectivity index (χ3n) is 5.38. The van der Waals surface area contributed by atoms with Gasteiger partial charge in [-0.2, -0.15) is 0 Å². The highest BCUT2D eigenvalue weighted by molar-refractivity contribution is 5.80. The number of fused-ring (bicyclic) bond motifs is 2. The normalized spacial score (nSPS) is 27.3. The number of rotatable bonds is 5. The summed E-state index contributed by atoms with van der Waals surface area (Å²) in [5.74, 6) is 0.193. The van der Waals surface area contributed by atoms with Gasteiger partial charge in [-0.25, -0.2) is 9.18 Å². The number of ether oxygens (including phenoxy) is 1. The first-order chi connectivity index (χ1) is 12.6. The number of carbonyl (C=O) groups excluding carboxylic acids is 2. The van der Waals surface area contributed by atoms with Gasteiger partial charge in [0.1, 0.15) is 5.82 Å². The van der Waals surface area contributed by atoms with Crippen LogP contribution < -0.4 is 10.6 Å². The lowest BCUT2D eigenvalue weighted by Gasteiger charge is -2.32. The van der Waals surface area contributed by atoms with E-state index in [1.165, 1.54) is 25.0 Å². The fraction of sp³-hybridized carbons (Fsp3) is 0.579. The van der Waals surface area contributed by atoms with Crippen LogP contribution in [0, 0.1) is 17.7 Å². The number of hydrogen-bond acceptors (Lipinski definition) is 3. The van der Waals surface area contributed by atoms with Crippen molar-refractivity contribution < 1.29 is 18.7 Å². The Labute approximate surface area is 152 Å². The van der Waals surface area contributed by atoms with Crippen molar-refractivity contribution in [2.75, 3.05) is 19.6 Å². The predicted molar refractivity (Wildman–Crippen MR) is 92.7 cm³/mol. The summed E-state index contributed by atoms with van der Waals surface area (Å²) in [7, 11) is 0. The van der Waals surface area contributed by atoms with Crippen LogP contribution in [0.5, 0.6) is 0 Å². The third-order valence-corrected chi connectivity index (χ3v) is 5.38. The third kappa shape index (κ3) is 3.98. The summed E-state index contributed by atoms with van der Waals surface area (Å²) in [4.78, 5) is 26.5. The summed E-state index contributed by atoms with van der Waals surface area (Å²) in [6, 6.07) is 5.97. The maximum Gasteiger partial charge on any atom is 0.317 e. The van der Waals surface area contributed by atoms with E-state index in [0.717, 1.165) is 6.54 Å². The van der Waals surface area contributed by atoms with Crippen molar-refractivity contribution in [2.24, 2.45) is 11.8 Å². The maximum absolute atomic E-state index is 13.2. The molecule has 2 bridgehead atoms. The first-order valence-corrected chi connectivity index (χ1v) is 9.29. The van der Waals surface area contributed by atoms with Crippen LogP contribution in [0.3, 0.4) is 0 Å². The molecule has 1 aliphatic carbocycles. The summed E-state index contributed by atoms with van der Waals surface area (Å²) in [5.41, 5.74) is 0.715. The van der Waals surface area contributed by atoms with Gasteiger partial charge in [-0.05, 0) is 42.9 Å². The van der Waals surface area contributed by atoms with Gasteiger partial charge in [0.05, 0.1) is 18.1 Å². The van der Waals surface area contributed by atoms with E-state index in [0.29, 0.717) is 31.0 Å². The summed E-state index contributed by atoms with van der Waals surface area (Å²) in [5, 5.41) is 5.84. The molecular formula is C19H24FN3O3. The fourth-order valence-electron chi connectivity index (χ4n) is 3.73. The second-order valence-corrected chi connectivity index (χ2v) is 7.52. The molecule has 2 aliphatic heterocycles. The van der Waals surface area contributed by atoms with Crippen LogP contribution in [0.15, 0.2) is 24.3 Å². The molecule has 140 valence electrons. The molecule has 2 N–H and O–H groups in total. The van der Waals surface area contributed by atoms with Gasteiger partial charge in [0.25, 0.3) is 0 Å². The Kier molecular flexibility index (Phi) is 4.80. The minimum absolute atomic E-state index is 0.0476. The quantitative estimate of drug-likeness (QED) is 0.838. The number of nitrogens with zero attached hydrogens (tertiary/aromatic N) is 1. The molecule has 0 unspecified atom stereocenters. The maximum atomic E-state index is 13.2. The molecule has 1 aromatic rings. The van der Waals surface area contributed by atoms with Crippen LogP contribution >= 0.6 is 0 Å². The van der Waals surface area contributed by atoms with Crippen molar-refractivity contribution in [3.8, 4) is 0 Å². The van der Waals surface area contributed by atoms with Gasteiger partial charge in [0.2, 0.25) is 5.91 Å². The highest BCUT2D eigenvalue weighted by Gasteiger charge is 2.45. The van der Waals surface area contributed by atoms with Gasteiger partial charge in [0.15, 0.2) is 0 Å². The standard InChI is InChI=1S/C19H24FN3O3/c20-14-3-1-2-13(6-14)9-22-19(25)23-10-15-7-16(17(11-23)26-15)18(24)21-8-12-4-5-12/h1-3,6,12,15-17H,4-5,7-11H2,(H,21,24)(H,22,25)/t15-,16+,17-/m1/s1. The lowest BCUT2D eigenvalue weighted by molar-refractivity contribution is -0.127. The molecule has 7 heteroatoms. The van der Waals surface area contributed by atoms with Crippen molar-refractivity contribution in [1.82, 2.24) is 15.5 Å². The first-order valence-electron chi connectivity index (χ1n) is 9.29. The average Bonchev–Trinajstić information content (AvgIpc) is 3.41. The molecule has 26 heavy (non-hydrogen) atoms. The number of carbonyl (C=O) groups is 2. The zero-order chi connectivity index (χ0) is 18.1. The number of morpholine rings is 1. The summed E-state index contributed by atoms with van der Waals surface area (Å²) < 4.78 is 19.1. The smallest absolute Gasteiger partial charge is 0.317 e. The second kappa shape index (κ2) is 7.23. The molecule has 3 aliphatic rings. The van der Waals surface area contributed by atoms with Crippen LogP contribution in [0.2, 0.25) is 0 Å². The van der Waals surface area contributed by atoms with Crippen LogP contribution in [-0.4, -0.2) is 48.7 Å². The van der Waals surface area contributed by atoms with Crippen LogP contribution in [-0.2, 0) is 16.1 Å². The molecule has 0 radical (unpaired) electrons. The molecule has 2 heterocycles. The van der Waals surface area contributed by atoms with Gasteiger partial charge in [-0.3, -0.25) is 4.79 Å². The van der Waals surface area contributed by atoms with Gasteiger partial charge >= 0.3 is 6.03 Å². The van der Waals surface area contributed by atoms with Crippen LogP contribution in [0.1, 0.15) is 24.8 Å². The zero-order valence-corrected chi connectivity index (χ0v) is 14.6. The Morgan fingerprint density at radius 3 is 2.85 bits per heavy atom.